The lowest BCUT2D eigenvalue weighted by Gasteiger charge is -1.99. The molecule has 0 spiro atoms. The van der Waals surface area contributed by atoms with Gasteiger partial charge in [-0.3, -0.25) is 14.8 Å². The van der Waals surface area contributed by atoms with Crippen LogP contribution in [0.25, 0.3) is 11.2 Å². The summed E-state index contributed by atoms with van der Waals surface area (Å²) in [6.45, 7) is 0. The molecular formula is C12H9N7O3. The van der Waals surface area contributed by atoms with Gasteiger partial charge < -0.3 is 5.11 Å². The average Bonchev–Trinajstić information content (AvgIpc) is 2.48. The third-order valence-electron chi connectivity index (χ3n) is 2.67. The van der Waals surface area contributed by atoms with Crippen molar-refractivity contribution in [2.75, 3.05) is 5.43 Å². The molecule has 10 nitrogen and oxygen atoms in total. The number of hydrogen-bond acceptors (Lipinski definition) is 8. The van der Waals surface area contributed by atoms with Crippen LogP contribution in [0.5, 0.6) is 5.75 Å². The van der Waals surface area contributed by atoms with Crippen LogP contribution >= 0.6 is 0 Å². The molecule has 0 unspecified atom stereocenters. The molecule has 0 aliphatic heterocycles. The first-order chi connectivity index (χ1) is 10.6. The van der Waals surface area contributed by atoms with Crippen LogP contribution in [0.1, 0.15) is 5.56 Å². The Kier molecular flexibility index (Phi) is 3.32. The van der Waals surface area contributed by atoms with Gasteiger partial charge in [0.05, 0.1) is 6.21 Å². The van der Waals surface area contributed by atoms with E-state index in [9.17, 15) is 14.7 Å². The molecular weight excluding hydrogens is 290 g/mol. The van der Waals surface area contributed by atoms with Crippen LogP contribution in [0.15, 0.2) is 39.0 Å². The van der Waals surface area contributed by atoms with Gasteiger partial charge in [-0.05, 0) is 12.1 Å². The van der Waals surface area contributed by atoms with Crippen LogP contribution in [-0.4, -0.2) is 36.5 Å². The van der Waals surface area contributed by atoms with E-state index in [4.69, 9.17) is 0 Å². The molecule has 22 heavy (non-hydrogen) atoms. The number of rotatable bonds is 3. The van der Waals surface area contributed by atoms with Gasteiger partial charge in [0.2, 0.25) is 0 Å². The van der Waals surface area contributed by atoms with E-state index in [0.717, 1.165) is 0 Å². The van der Waals surface area contributed by atoms with Crippen LogP contribution in [0.4, 0.5) is 5.95 Å². The minimum Gasteiger partial charge on any atom is -0.507 e. The molecule has 110 valence electrons. The van der Waals surface area contributed by atoms with Gasteiger partial charge in [0, 0.05) is 5.56 Å². The molecule has 0 aliphatic rings. The summed E-state index contributed by atoms with van der Waals surface area (Å²) in [5, 5.41) is 20.7. The predicted octanol–water partition coefficient (Wildman–Crippen LogP) is -0.447. The predicted molar refractivity (Wildman–Crippen MR) is 77.9 cm³/mol. The fourth-order valence-electron chi connectivity index (χ4n) is 1.67. The topological polar surface area (TPSA) is 149 Å². The molecule has 3 rings (SSSR count). The van der Waals surface area contributed by atoms with Gasteiger partial charge in [-0.15, -0.1) is 10.2 Å². The SMILES string of the molecule is O=c1[nH]c(=O)c2nnc(N/N=C\c3ccccc3O)nc2[nH]1. The lowest BCUT2D eigenvalue weighted by atomic mass is 10.2. The molecule has 2 heterocycles. The first-order valence-electron chi connectivity index (χ1n) is 6.07. The van der Waals surface area contributed by atoms with Gasteiger partial charge >= 0.3 is 5.69 Å². The highest BCUT2D eigenvalue weighted by Crippen LogP contribution is 2.12. The molecule has 0 radical (unpaired) electrons. The smallest absolute Gasteiger partial charge is 0.327 e. The van der Waals surface area contributed by atoms with Crippen molar-refractivity contribution in [1.82, 2.24) is 25.1 Å². The van der Waals surface area contributed by atoms with Gasteiger partial charge in [0.25, 0.3) is 11.5 Å². The van der Waals surface area contributed by atoms with E-state index in [-0.39, 0.29) is 22.9 Å². The molecule has 0 saturated heterocycles. The summed E-state index contributed by atoms with van der Waals surface area (Å²) in [5.74, 6) is 0.0573. The van der Waals surface area contributed by atoms with Crippen molar-refractivity contribution in [2.45, 2.75) is 0 Å². The van der Waals surface area contributed by atoms with Crippen LogP contribution in [0, 0.1) is 0 Å². The monoisotopic (exact) mass is 299 g/mol. The minimum absolute atomic E-state index is 0.0102. The number of aromatic hydroxyl groups is 1. The molecule has 1 aromatic carbocycles. The number of aromatic nitrogens is 5. The van der Waals surface area contributed by atoms with Crippen LogP contribution in [-0.2, 0) is 0 Å². The maximum absolute atomic E-state index is 11.5. The molecule has 0 aliphatic carbocycles. The van der Waals surface area contributed by atoms with E-state index in [1.807, 2.05) is 4.98 Å². The highest BCUT2D eigenvalue weighted by atomic mass is 16.3. The highest BCUT2D eigenvalue weighted by molar-refractivity contribution is 5.83. The number of para-hydroxylation sites is 1. The molecule has 0 amide bonds. The van der Waals surface area contributed by atoms with Crippen molar-refractivity contribution < 1.29 is 5.11 Å². The number of benzene rings is 1. The number of phenols is 1. The largest absolute Gasteiger partial charge is 0.507 e. The van der Waals surface area contributed by atoms with Crippen molar-refractivity contribution in [3.63, 3.8) is 0 Å². The second-order valence-corrected chi connectivity index (χ2v) is 4.17. The average molecular weight is 299 g/mol. The summed E-state index contributed by atoms with van der Waals surface area (Å²) in [4.78, 5) is 30.9. The third-order valence-corrected chi connectivity index (χ3v) is 2.67. The van der Waals surface area contributed by atoms with Crippen LogP contribution in [0.3, 0.4) is 0 Å². The highest BCUT2D eigenvalue weighted by Gasteiger charge is 2.06. The Bertz CT molecular complexity index is 976. The van der Waals surface area contributed by atoms with Crippen LogP contribution < -0.4 is 16.7 Å². The fraction of sp³-hybridized carbons (Fsp3) is 0. The Balaban J connectivity index is 1.87. The lowest BCUT2D eigenvalue weighted by Crippen LogP contribution is -2.23. The second kappa shape index (κ2) is 5.44. The van der Waals surface area contributed by atoms with E-state index in [2.05, 4.69) is 30.7 Å². The van der Waals surface area contributed by atoms with Crippen molar-refractivity contribution in [2.24, 2.45) is 5.10 Å². The molecule has 3 aromatic rings. The van der Waals surface area contributed by atoms with Gasteiger partial charge in [-0.2, -0.15) is 10.1 Å². The van der Waals surface area contributed by atoms with Crippen molar-refractivity contribution in [3.05, 3.63) is 50.7 Å². The third kappa shape index (κ3) is 2.65. The zero-order valence-electron chi connectivity index (χ0n) is 10.9. The maximum Gasteiger partial charge on any atom is 0.327 e. The van der Waals surface area contributed by atoms with E-state index in [1.165, 1.54) is 12.3 Å². The number of nitrogens with one attached hydrogen (secondary N) is 3. The van der Waals surface area contributed by atoms with Crippen molar-refractivity contribution >= 4 is 23.3 Å². The zero-order valence-corrected chi connectivity index (χ0v) is 10.9. The summed E-state index contributed by atoms with van der Waals surface area (Å²) in [6, 6.07) is 6.61. The summed E-state index contributed by atoms with van der Waals surface area (Å²) in [6.07, 6.45) is 1.36. The number of aromatic amines is 2. The second-order valence-electron chi connectivity index (χ2n) is 4.17. The fourth-order valence-corrected chi connectivity index (χ4v) is 1.67. The Morgan fingerprint density at radius 2 is 2.00 bits per heavy atom. The normalized spacial score (nSPS) is 11.1. The first-order valence-corrected chi connectivity index (χ1v) is 6.07. The molecule has 0 fully saturated rings. The van der Waals surface area contributed by atoms with Crippen LogP contribution in [0.2, 0.25) is 0 Å². The Morgan fingerprint density at radius 1 is 1.18 bits per heavy atom. The Labute approximate surface area is 121 Å². The quantitative estimate of drug-likeness (QED) is 0.378. The van der Waals surface area contributed by atoms with Gasteiger partial charge in [-0.1, -0.05) is 12.1 Å². The number of hydrogen-bond donors (Lipinski definition) is 4. The van der Waals surface area contributed by atoms with Gasteiger partial charge in [0.15, 0.2) is 11.2 Å². The van der Waals surface area contributed by atoms with Gasteiger partial charge in [-0.25, -0.2) is 10.2 Å². The number of hydrazone groups is 1. The molecule has 0 atom stereocenters. The number of phenolic OH excluding ortho intramolecular Hbond substituents is 1. The molecule has 10 heteroatoms. The molecule has 0 bridgehead atoms. The van der Waals surface area contributed by atoms with E-state index < -0.39 is 11.2 Å². The summed E-state index contributed by atoms with van der Waals surface area (Å²) < 4.78 is 0. The maximum atomic E-state index is 11.5. The van der Waals surface area contributed by atoms with E-state index in [1.54, 1.807) is 18.2 Å². The minimum atomic E-state index is -0.693. The zero-order chi connectivity index (χ0) is 15.5. The Hall–Kier alpha value is -3.56. The Morgan fingerprint density at radius 3 is 2.82 bits per heavy atom. The van der Waals surface area contributed by atoms with E-state index in [0.29, 0.717) is 5.56 Å². The van der Waals surface area contributed by atoms with E-state index >= 15 is 0 Å². The summed E-state index contributed by atoms with van der Waals surface area (Å²) in [5.41, 5.74) is 1.52. The van der Waals surface area contributed by atoms with Crippen molar-refractivity contribution in [1.29, 1.82) is 0 Å². The lowest BCUT2D eigenvalue weighted by molar-refractivity contribution is 0.474. The number of nitrogens with zero attached hydrogens (tertiary/aromatic N) is 4. The van der Waals surface area contributed by atoms with Gasteiger partial charge in [0.1, 0.15) is 5.75 Å². The number of anilines is 1. The standard InChI is InChI=1S/C12H9N7O3/c20-7-4-2-1-3-6(7)5-13-18-11-14-9-8(17-19-11)10(21)16-12(22)15-9/h1-5,20H,(H3,14,15,16,18,19,21,22)/b13-5-. The number of H-pyrrole nitrogens is 2. The number of fused-ring (bicyclic) bond motifs is 1. The van der Waals surface area contributed by atoms with Crippen molar-refractivity contribution in [3.8, 4) is 5.75 Å². The molecule has 0 saturated carbocycles. The first kappa shape index (κ1) is 13.4. The molecule has 4 N–H and O–H groups in total. The molecule has 2 aromatic heterocycles. The summed E-state index contributed by atoms with van der Waals surface area (Å²) >= 11 is 0. The summed E-state index contributed by atoms with van der Waals surface area (Å²) in [7, 11) is 0.